The van der Waals surface area contributed by atoms with Crippen molar-refractivity contribution >= 4 is 11.9 Å². The molecule has 1 saturated heterocycles. The van der Waals surface area contributed by atoms with Crippen molar-refractivity contribution < 1.29 is 33.0 Å². The summed E-state index contributed by atoms with van der Waals surface area (Å²) in [6.45, 7) is 6.64. The van der Waals surface area contributed by atoms with E-state index < -0.39 is 5.41 Å². The van der Waals surface area contributed by atoms with Crippen LogP contribution in [-0.4, -0.2) is 61.4 Å². The number of carbonyl (C=O) groups is 2. The van der Waals surface area contributed by atoms with Crippen LogP contribution in [0.15, 0.2) is 16.5 Å². The zero-order chi connectivity index (χ0) is 24.2. The van der Waals surface area contributed by atoms with E-state index in [0.717, 1.165) is 0 Å². The summed E-state index contributed by atoms with van der Waals surface area (Å²) >= 11 is 0. The lowest BCUT2D eigenvalue weighted by atomic mass is 9.91. The number of aromatic nitrogens is 2. The van der Waals surface area contributed by atoms with E-state index in [0.29, 0.717) is 48.7 Å². The van der Waals surface area contributed by atoms with Gasteiger partial charge in [-0.3, -0.25) is 9.59 Å². The zero-order valence-corrected chi connectivity index (χ0v) is 20.0. The lowest BCUT2D eigenvalue weighted by molar-refractivity contribution is -0.154. The average Bonchev–Trinajstić information content (AvgIpc) is 3.29. The van der Waals surface area contributed by atoms with Crippen LogP contribution in [0.4, 0.5) is 0 Å². The fourth-order valence-corrected chi connectivity index (χ4v) is 3.68. The Bertz CT molecular complexity index is 963. The highest BCUT2D eigenvalue weighted by molar-refractivity contribution is 5.82. The molecule has 0 spiro atoms. The van der Waals surface area contributed by atoms with E-state index in [1.54, 1.807) is 12.1 Å². The number of hydrogen-bond acceptors (Lipinski definition) is 9. The van der Waals surface area contributed by atoms with Gasteiger partial charge >= 0.3 is 5.97 Å². The molecule has 3 rings (SSSR count). The van der Waals surface area contributed by atoms with E-state index in [9.17, 15) is 9.59 Å². The van der Waals surface area contributed by atoms with Gasteiger partial charge in [-0.25, -0.2) is 0 Å². The van der Waals surface area contributed by atoms with Crippen molar-refractivity contribution in [3.05, 3.63) is 18.0 Å². The molecule has 2 aromatic rings. The molecule has 1 amide bonds. The molecule has 0 saturated carbocycles. The lowest BCUT2D eigenvalue weighted by Crippen LogP contribution is -2.45. The van der Waals surface area contributed by atoms with Crippen LogP contribution in [-0.2, 0) is 20.9 Å². The third-order valence-corrected chi connectivity index (χ3v) is 5.47. The van der Waals surface area contributed by atoms with Crippen LogP contribution in [0.25, 0.3) is 11.5 Å². The van der Waals surface area contributed by atoms with Gasteiger partial charge in [0.25, 0.3) is 5.89 Å². The summed E-state index contributed by atoms with van der Waals surface area (Å²) < 4.78 is 27.1. The van der Waals surface area contributed by atoms with Gasteiger partial charge in [-0.1, -0.05) is 20.8 Å². The predicted octanol–water partition coefficient (Wildman–Crippen LogP) is 3.09. The Morgan fingerprint density at radius 2 is 1.64 bits per heavy atom. The number of methoxy groups -OCH3 is 3. The highest BCUT2D eigenvalue weighted by Gasteiger charge is 2.33. The van der Waals surface area contributed by atoms with Crippen molar-refractivity contribution in [1.82, 2.24) is 15.1 Å². The molecule has 180 valence electrons. The number of benzene rings is 1. The molecule has 33 heavy (non-hydrogen) atoms. The van der Waals surface area contributed by atoms with Crippen molar-refractivity contribution in [3.8, 4) is 28.7 Å². The molecule has 2 heterocycles. The largest absolute Gasteiger partial charge is 0.493 e. The summed E-state index contributed by atoms with van der Waals surface area (Å²) in [6.07, 6.45) is 1.14. The number of esters is 1. The standard InChI is InChI=1S/C23H31N3O7/c1-23(2,3)22(28)26-9-7-14(8-10-26)21(27)32-13-18-24-25-20(33-18)15-11-16(29-4)19(31-6)17(12-15)30-5/h11-12,14H,7-10,13H2,1-6H3. The van der Waals surface area contributed by atoms with E-state index >= 15 is 0 Å². The van der Waals surface area contributed by atoms with Gasteiger partial charge in [0.15, 0.2) is 18.1 Å². The fourth-order valence-electron chi connectivity index (χ4n) is 3.68. The number of rotatable bonds is 7. The highest BCUT2D eigenvalue weighted by Crippen LogP contribution is 2.40. The quantitative estimate of drug-likeness (QED) is 0.574. The van der Waals surface area contributed by atoms with Crippen LogP contribution in [0.1, 0.15) is 39.5 Å². The van der Waals surface area contributed by atoms with Crippen LogP contribution in [0, 0.1) is 11.3 Å². The SMILES string of the molecule is COc1cc(-c2nnc(COC(=O)C3CCN(C(=O)C(C)(C)C)CC3)o2)cc(OC)c1OC. The lowest BCUT2D eigenvalue weighted by Gasteiger charge is -2.34. The minimum atomic E-state index is -0.430. The summed E-state index contributed by atoms with van der Waals surface area (Å²) in [4.78, 5) is 26.7. The third kappa shape index (κ3) is 5.55. The Morgan fingerprint density at radius 3 is 2.15 bits per heavy atom. The van der Waals surface area contributed by atoms with Crippen LogP contribution in [0.3, 0.4) is 0 Å². The molecule has 1 fully saturated rings. The van der Waals surface area contributed by atoms with Crippen molar-refractivity contribution in [2.45, 2.75) is 40.2 Å². The van der Waals surface area contributed by atoms with Gasteiger partial charge < -0.3 is 28.3 Å². The number of piperidine rings is 1. The van der Waals surface area contributed by atoms with Crippen LogP contribution in [0.5, 0.6) is 17.2 Å². The fraction of sp³-hybridized carbons (Fsp3) is 0.565. The van der Waals surface area contributed by atoms with Crippen LogP contribution in [0.2, 0.25) is 0 Å². The normalized spacial score (nSPS) is 14.7. The first kappa shape index (κ1) is 24.3. The first-order valence-electron chi connectivity index (χ1n) is 10.8. The Hall–Kier alpha value is -3.30. The van der Waals surface area contributed by atoms with Gasteiger partial charge in [-0.15, -0.1) is 10.2 Å². The Labute approximate surface area is 193 Å². The number of carbonyl (C=O) groups excluding carboxylic acids is 2. The van der Waals surface area contributed by atoms with E-state index in [-0.39, 0.29) is 36.2 Å². The number of nitrogens with zero attached hydrogens (tertiary/aromatic N) is 3. The molecule has 10 nitrogen and oxygen atoms in total. The van der Waals surface area contributed by atoms with Crippen molar-refractivity contribution in [3.63, 3.8) is 0 Å². The molecule has 0 unspecified atom stereocenters. The average molecular weight is 462 g/mol. The molecule has 0 bridgehead atoms. The number of amides is 1. The molecule has 1 aromatic carbocycles. The molecule has 0 atom stereocenters. The van der Waals surface area contributed by atoms with Gasteiger partial charge in [0.2, 0.25) is 17.5 Å². The maximum absolute atomic E-state index is 12.5. The summed E-state index contributed by atoms with van der Waals surface area (Å²) in [5, 5.41) is 8.00. The van der Waals surface area contributed by atoms with Gasteiger partial charge in [-0.2, -0.15) is 0 Å². The van der Waals surface area contributed by atoms with Crippen molar-refractivity contribution in [1.29, 1.82) is 0 Å². The molecule has 1 aliphatic heterocycles. The van der Waals surface area contributed by atoms with E-state index in [1.165, 1.54) is 21.3 Å². The molecule has 0 N–H and O–H groups in total. The van der Waals surface area contributed by atoms with Crippen LogP contribution < -0.4 is 14.2 Å². The zero-order valence-electron chi connectivity index (χ0n) is 20.0. The second-order valence-electron chi connectivity index (χ2n) is 8.84. The van der Waals surface area contributed by atoms with Gasteiger partial charge in [0.1, 0.15) is 0 Å². The van der Waals surface area contributed by atoms with Gasteiger partial charge in [0.05, 0.1) is 27.2 Å². The Balaban J connectivity index is 1.59. The minimum absolute atomic E-state index is 0.0968. The summed E-state index contributed by atoms with van der Waals surface area (Å²) in [5.41, 5.74) is 0.145. The van der Waals surface area contributed by atoms with E-state index in [1.807, 2.05) is 25.7 Å². The second kappa shape index (κ2) is 10.1. The number of hydrogen-bond donors (Lipinski definition) is 0. The smallest absolute Gasteiger partial charge is 0.309 e. The van der Waals surface area contributed by atoms with E-state index in [4.69, 9.17) is 23.4 Å². The minimum Gasteiger partial charge on any atom is -0.493 e. The van der Waals surface area contributed by atoms with Crippen molar-refractivity contribution in [2.75, 3.05) is 34.4 Å². The number of ether oxygens (including phenoxy) is 4. The maximum Gasteiger partial charge on any atom is 0.309 e. The number of likely N-dealkylation sites (tertiary alicyclic amines) is 1. The predicted molar refractivity (Wildman–Crippen MR) is 118 cm³/mol. The topological polar surface area (TPSA) is 113 Å². The van der Waals surface area contributed by atoms with Crippen molar-refractivity contribution in [2.24, 2.45) is 11.3 Å². The highest BCUT2D eigenvalue weighted by atomic mass is 16.5. The molecule has 1 aromatic heterocycles. The Morgan fingerprint density at radius 1 is 1.03 bits per heavy atom. The monoisotopic (exact) mass is 461 g/mol. The summed E-state index contributed by atoms with van der Waals surface area (Å²) in [7, 11) is 4.55. The van der Waals surface area contributed by atoms with Gasteiger partial charge in [0, 0.05) is 24.1 Å². The Kier molecular flexibility index (Phi) is 7.45. The first-order chi connectivity index (χ1) is 15.7. The van der Waals surface area contributed by atoms with Gasteiger partial charge in [-0.05, 0) is 25.0 Å². The molecule has 1 aliphatic rings. The molecule has 0 radical (unpaired) electrons. The second-order valence-corrected chi connectivity index (χ2v) is 8.84. The van der Waals surface area contributed by atoms with Crippen LogP contribution >= 0.6 is 0 Å². The summed E-state index contributed by atoms with van der Waals surface area (Å²) in [5.74, 6) is 1.27. The molecule has 10 heteroatoms. The molecular formula is C23H31N3O7. The molecule has 0 aliphatic carbocycles. The summed E-state index contributed by atoms with van der Waals surface area (Å²) in [6, 6.07) is 3.38. The molecular weight excluding hydrogens is 430 g/mol. The maximum atomic E-state index is 12.5. The van der Waals surface area contributed by atoms with E-state index in [2.05, 4.69) is 10.2 Å². The first-order valence-corrected chi connectivity index (χ1v) is 10.8. The third-order valence-electron chi connectivity index (χ3n) is 5.47.